The summed E-state index contributed by atoms with van der Waals surface area (Å²) >= 11 is 0. The molecule has 0 saturated carbocycles. The van der Waals surface area contributed by atoms with Crippen molar-refractivity contribution in [2.24, 2.45) is 5.73 Å². The molecule has 0 aliphatic rings. The van der Waals surface area contributed by atoms with Crippen LogP contribution in [-0.2, 0) is 23.1 Å². The van der Waals surface area contributed by atoms with Gasteiger partial charge in [-0.2, -0.15) is 0 Å². The molecule has 114 valence electrons. The molecule has 6 heteroatoms. The van der Waals surface area contributed by atoms with Crippen molar-refractivity contribution in [3.63, 3.8) is 0 Å². The van der Waals surface area contributed by atoms with Crippen LogP contribution in [0.4, 0.5) is 0 Å². The summed E-state index contributed by atoms with van der Waals surface area (Å²) in [5.41, 5.74) is 8.20. The Balaban J connectivity index is 2.25. The molecule has 0 unspecified atom stereocenters. The van der Waals surface area contributed by atoms with Crippen molar-refractivity contribution in [3.05, 3.63) is 52.5 Å². The molecule has 3 N–H and O–H groups in total. The van der Waals surface area contributed by atoms with E-state index in [9.17, 15) is 8.42 Å². The van der Waals surface area contributed by atoms with Gasteiger partial charge in [0.1, 0.15) is 16.4 Å². The van der Waals surface area contributed by atoms with Crippen molar-refractivity contribution in [2.45, 2.75) is 38.8 Å². The molecule has 1 heterocycles. The second-order valence-corrected chi connectivity index (χ2v) is 6.74. The van der Waals surface area contributed by atoms with Gasteiger partial charge in [0.2, 0.25) is 10.0 Å². The van der Waals surface area contributed by atoms with Crippen LogP contribution in [0.15, 0.2) is 33.6 Å². The van der Waals surface area contributed by atoms with Crippen LogP contribution in [0.3, 0.4) is 0 Å². The Hall–Kier alpha value is -1.63. The van der Waals surface area contributed by atoms with Gasteiger partial charge < -0.3 is 10.2 Å². The Morgan fingerprint density at radius 2 is 1.71 bits per heavy atom. The molecule has 0 saturated heterocycles. The van der Waals surface area contributed by atoms with Gasteiger partial charge in [-0.3, -0.25) is 0 Å². The Morgan fingerprint density at radius 3 is 2.29 bits per heavy atom. The van der Waals surface area contributed by atoms with Crippen LogP contribution in [0.2, 0.25) is 0 Å². The Bertz CT molecular complexity index is 731. The van der Waals surface area contributed by atoms with E-state index in [4.69, 9.17) is 10.2 Å². The fourth-order valence-corrected chi connectivity index (χ4v) is 3.73. The highest BCUT2D eigenvalue weighted by Gasteiger charge is 2.25. The van der Waals surface area contributed by atoms with E-state index < -0.39 is 10.0 Å². The first kappa shape index (κ1) is 15.8. The zero-order valence-electron chi connectivity index (χ0n) is 12.4. The van der Waals surface area contributed by atoms with Crippen LogP contribution >= 0.6 is 0 Å². The van der Waals surface area contributed by atoms with E-state index in [0.717, 1.165) is 11.1 Å². The molecule has 2 rings (SSSR count). The first-order valence-electron chi connectivity index (χ1n) is 6.69. The number of aryl methyl sites for hydroxylation is 3. The van der Waals surface area contributed by atoms with E-state index in [2.05, 4.69) is 4.72 Å². The maximum Gasteiger partial charge on any atom is 0.244 e. The largest absolute Gasteiger partial charge is 0.465 e. The molecule has 0 atom stereocenters. The summed E-state index contributed by atoms with van der Waals surface area (Å²) in [6, 6.07) is 7.69. The molecular formula is C15H20N2O3S. The van der Waals surface area contributed by atoms with E-state index in [1.54, 1.807) is 13.8 Å². The second kappa shape index (κ2) is 6.01. The maximum absolute atomic E-state index is 12.5. The smallest absolute Gasteiger partial charge is 0.244 e. The lowest BCUT2D eigenvalue weighted by Crippen LogP contribution is -2.25. The van der Waals surface area contributed by atoms with Gasteiger partial charge in [0.25, 0.3) is 0 Å². The normalized spacial score (nSPS) is 11.8. The predicted octanol–water partition coefficient (Wildman–Crippen LogP) is 2.14. The van der Waals surface area contributed by atoms with Crippen molar-refractivity contribution >= 4 is 10.0 Å². The number of nitrogens with one attached hydrogen (secondary N) is 1. The molecule has 0 aliphatic heterocycles. The van der Waals surface area contributed by atoms with E-state index in [1.807, 2.05) is 31.2 Å². The minimum absolute atomic E-state index is 0.129. The van der Waals surface area contributed by atoms with Gasteiger partial charge in [-0.25, -0.2) is 13.1 Å². The van der Waals surface area contributed by atoms with Gasteiger partial charge in [-0.15, -0.1) is 0 Å². The van der Waals surface area contributed by atoms with Gasteiger partial charge in [0.15, 0.2) is 0 Å². The zero-order chi connectivity index (χ0) is 15.6. The van der Waals surface area contributed by atoms with E-state index in [0.29, 0.717) is 17.1 Å². The summed E-state index contributed by atoms with van der Waals surface area (Å²) < 4.78 is 32.9. The number of hydrogen-bond donors (Lipinski definition) is 2. The second-order valence-electron chi connectivity index (χ2n) is 5.04. The monoisotopic (exact) mass is 308 g/mol. The van der Waals surface area contributed by atoms with E-state index in [1.165, 1.54) is 0 Å². The lowest BCUT2D eigenvalue weighted by atomic mass is 10.2. The summed E-state index contributed by atoms with van der Waals surface area (Å²) in [6.07, 6.45) is 0. The Labute approximate surface area is 125 Å². The predicted molar refractivity (Wildman–Crippen MR) is 81.3 cm³/mol. The topological polar surface area (TPSA) is 85.3 Å². The van der Waals surface area contributed by atoms with E-state index in [-0.39, 0.29) is 18.0 Å². The molecule has 1 aromatic heterocycles. The van der Waals surface area contributed by atoms with Crippen LogP contribution in [-0.4, -0.2) is 8.42 Å². The maximum atomic E-state index is 12.5. The highest BCUT2D eigenvalue weighted by molar-refractivity contribution is 7.89. The number of nitrogens with two attached hydrogens (primary N) is 1. The lowest BCUT2D eigenvalue weighted by Gasteiger charge is -2.08. The fourth-order valence-electron chi connectivity index (χ4n) is 2.25. The average molecular weight is 308 g/mol. The van der Waals surface area contributed by atoms with Gasteiger partial charge >= 0.3 is 0 Å². The number of benzene rings is 1. The lowest BCUT2D eigenvalue weighted by molar-refractivity contribution is 0.494. The van der Waals surface area contributed by atoms with Crippen molar-refractivity contribution < 1.29 is 12.8 Å². The van der Waals surface area contributed by atoms with E-state index >= 15 is 0 Å². The summed E-state index contributed by atoms with van der Waals surface area (Å²) in [6.45, 7) is 5.69. The SMILES string of the molecule is Cc1ccc(CNS(=O)(=O)c2c(C)oc(C)c2CN)cc1. The minimum Gasteiger partial charge on any atom is -0.465 e. The molecule has 0 amide bonds. The molecule has 2 aromatic rings. The van der Waals surface area contributed by atoms with Gasteiger partial charge in [0, 0.05) is 18.7 Å². The fraction of sp³-hybridized carbons (Fsp3) is 0.333. The third-order valence-corrected chi connectivity index (χ3v) is 4.98. The van der Waals surface area contributed by atoms with Crippen LogP contribution in [0.1, 0.15) is 28.2 Å². The Morgan fingerprint density at radius 1 is 1.10 bits per heavy atom. The molecule has 0 bridgehead atoms. The molecule has 0 fully saturated rings. The molecule has 21 heavy (non-hydrogen) atoms. The van der Waals surface area contributed by atoms with Crippen LogP contribution in [0.25, 0.3) is 0 Å². The minimum atomic E-state index is -3.64. The van der Waals surface area contributed by atoms with Gasteiger partial charge in [0.05, 0.1) is 0 Å². The number of sulfonamides is 1. The van der Waals surface area contributed by atoms with Gasteiger partial charge in [-0.05, 0) is 26.3 Å². The van der Waals surface area contributed by atoms with Crippen molar-refractivity contribution in [3.8, 4) is 0 Å². The summed E-state index contributed by atoms with van der Waals surface area (Å²) in [4.78, 5) is 0.162. The Kier molecular flexibility index (Phi) is 4.51. The first-order valence-corrected chi connectivity index (χ1v) is 8.17. The standard InChI is InChI=1S/C15H20N2O3S/c1-10-4-6-13(7-5-10)9-17-21(18,19)15-12(3)20-11(2)14(15)8-16/h4-7,17H,8-9,16H2,1-3H3. The number of rotatable bonds is 5. The zero-order valence-corrected chi connectivity index (χ0v) is 13.3. The number of furan rings is 1. The van der Waals surface area contributed by atoms with Gasteiger partial charge in [-0.1, -0.05) is 29.8 Å². The van der Waals surface area contributed by atoms with Crippen LogP contribution in [0.5, 0.6) is 0 Å². The highest BCUT2D eigenvalue weighted by Crippen LogP contribution is 2.26. The number of hydrogen-bond acceptors (Lipinski definition) is 4. The van der Waals surface area contributed by atoms with Crippen molar-refractivity contribution in [1.29, 1.82) is 0 Å². The van der Waals surface area contributed by atoms with Crippen LogP contribution < -0.4 is 10.5 Å². The summed E-state index contributed by atoms with van der Waals surface area (Å²) in [5, 5.41) is 0. The van der Waals surface area contributed by atoms with Crippen molar-refractivity contribution in [2.75, 3.05) is 0 Å². The third-order valence-electron chi connectivity index (χ3n) is 3.38. The average Bonchev–Trinajstić information content (AvgIpc) is 2.73. The third kappa shape index (κ3) is 3.34. The molecular weight excluding hydrogens is 288 g/mol. The molecule has 1 aromatic carbocycles. The highest BCUT2D eigenvalue weighted by atomic mass is 32.2. The van der Waals surface area contributed by atoms with Crippen molar-refractivity contribution in [1.82, 2.24) is 4.72 Å². The molecule has 0 aliphatic carbocycles. The quantitative estimate of drug-likeness (QED) is 0.886. The molecule has 5 nitrogen and oxygen atoms in total. The molecule has 0 radical (unpaired) electrons. The summed E-state index contributed by atoms with van der Waals surface area (Å²) in [5.74, 6) is 0.912. The van der Waals surface area contributed by atoms with Crippen LogP contribution in [0, 0.1) is 20.8 Å². The first-order chi connectivity index (χ1) is 9.85. The molecule has 0 spiro atoms. The summed E-state index contributed by atoms with van der Waals surface area (Å²) in [7, 11) is -3.64.